The second kappa shape index (κ2) is 4.84. The van der Waals surface area contributed by atoms with E-state index in [0.717, 1.165) is 12.3 Å². The summed E-state index contributed by atoms with van der Waals surface area (Å²) in [5.74, 6) is -1.23. The lowest BCUT2D eigenvalue weighted by molar-refractivity contribution is -0.385. The third-order valence-electron chi connectivity index (χ3n) is 2.47. The van der Waals surface area contributed by atoms with Gasteiger partial charge in [-0.1, -0.05) is 6.07 Å². The van der Waals surface area contributed by atoms with Gasteiger partial charge >= 0.3 is 5.69 Å². The molecule has 8 heteroatoms. The van der Waals surface area contributed by atoms with Gasteiger partial charge < -0.3 is 5.32 Å². The van der Waals surface area contributed by atoms with Crippen molar-refractivity contribution in [3.05, 3.63) is 51.6 Å². The number of nitrogens with one attached hydrogen (secondary N) is 2. The fourth-order valence-electron chi connectivity index (χ4n) is 1.45. The zero-order valence-corrected chi connectivity index (χ0v) is 9.81. The van der Waals surface area contributed by atoms with Crippen LogP contribution in [-0.4, -0.2) is 21.0 Å². The summed E-state index contributed by atoms with van der Waals surface area (Å²) in [5.41, 5.74) is -0.0846. The van der Waals surface area contributed by atoms with Gasteiger partial charge in [0.25, 0.3) is 5.91 Å². The molecule has 0 saturated heterocycles. The first-order chi connectivity index (χ1) is 8.99. The maximum absolute atomic E-state index is 13.3. The van der Waals surface area contributed by atoms with E-state index in [1.54, 1.807) is 6.92 Å². The molecule has 7 nitrogen and oxygen atoms in total. The molecule has 0 saturated carbocycles. The molecular formula is C11H9FN4O3. The van der Waals surface area contributed by atoms with Crippen LogP contribution >= 0.6 is 0 Å². The smallest absolute Gasteiger partial charge is 0.319 e. The van der Waals surface area contributed by atoms with E-state index in [9.17, 15) is 19.3 Å². The summed E-state index contributed by atoms with van der Waals surface area (Å²) < 4.78 is 13.3. The third kappa shape index (κ3) is 2.57. The van der Waals surface area contributed by atoms with Gasteiger partial charge in [0.05, 0.1) is 4.92 Å². The predicted octanol–water partition coefficient (Wildman–Crippen LogP) is 2.02. The van der Waals surface area contributed by atoms with E-state index in [-0.39, 0.29) is 11.4 Å². The highest BCUT2D eigenvalue weighted by Crippen LogP contribution is 2.18. The average Bonchev–Trinajstić information content (AvgIpc) is 2.83. The molecule has 0 unspecified atom stereocenters. The second-order valence-electron chi connectivity index (χ2n) is 3.81. The molecule has 1 heterocycles. The van der Waals surface area contributed by atoms with E-state index in [0.29, 0.717) is 5.56 Å². The van der Waals surface area contributed by atoms with Gasteiger partial charge in [-0.15, -0.1) is 0 Å². The minimum Gasteiger partial charge on any atom is -0.320 e. The minimum absolute atomic E-state index is 0.206. The van der Waals surface area contributed by atoms with Gasteiger partial charge in [0.1, 0.15) is 12.0 Å². The Balaban J connectivity index is 2.23. The summed E-state index contributed by atoms with van der Waals surface area (Å²) in [7, 11) is 0. The molecule has 1 aromatic heterocycles. The number of rotatable bonds is 3. The van der Waals surface area contributed by atoms with Gasteiger partial charge in [0, 0.05) is 5.69 Å². The minimum atomic E-state index is -0.757. The number of hydrogen-bond donors (Lipinski definition) is 2. The first kappa shape index (κ1) is 12.7. The SMILES string of the molecule is Cc1ccc(NC(=O)c2[nH]ncc2[N+](=O)[O-])cc1F. The van der Waals surface area contributed by atoms with Crippen LogP contribution in [0.4, 0.5) is 15.8 Å². The van der Waals surface area contributed by atoms with Crippen LogP contribution in [0.2, 0.25) is 0 Å². The lowest BCUT2D eigenvalue weighted by Gasteiger charge is -2.04. The van der Waals surface area contributed by atoms with E-state index in [1.165, 1.54) is 12.1 Å². The van der Waals surface area contributed by atoms with Crippen molar-refractivity contribution in [1.82, 2.24) is 10.2 Å². The van der Waals surface area contributed by atoms with Gasteiger partial charge in [0.15, 0.2) is 0 Å². The Labute approximate surface area is 106 Å². The number of carbonyl (C=O) groups is 1. The van der Waals surface area contributed by atoms with Crippen LogP contribution in [-0.2, 0) is 0 Å². The Morgan fingerprint density at radius 1 is 1.53 bits per heavy atom. The fraction of sp³-hybridized carbons (Fsp3) is 0.0909. The molecule has 0 fully saturated rings. The largest absolute Gasteiger partial charge is 0.320 e. The highest BCUT2D eigenvalue weighted by atomic mass is 19.1. The number of anilines is 1. The molecule has 0 atom stereocenters. The Kier molecular flexibility index (Phi) is 3.23. The number of benzene rings is 1. The summed E-state index contributed by atoms with van der Waals surface area (Å²) in [4.78, 5) is 21.7. The van der Waals surface area contributed by atoms with Crippen molar-refractivity contribution < 1.29 is 14.1 Å². The molecule has 0 spiro atoms. The van der Waals surface area contributed by atoms with Gasteiger partial charge in [0.2, 0.25) is 5.69 Å². The quantitative estimate of drug-likeness (QED) is 0.654. The molecule has 2 aromatic rings. The molecular weight excluding hydrogens is 255 g/mol. The lowest BCUT2D eigenvalue weighted by Crippen LogP contribution is -2.14. The summed E-state index contributed by atoms with van der Waals surface area (Å²) in [5, 5.41) is 18.7. The summed E-state index contributed by atoms with van der Waals surface area (Å²) in [6, 6.07) is 4.13. The highest BCUT2D eigenvalue weighted by Gasteiger charge is 2.22. The van der Waals surface area contributed by atoms with E-state index >= 15 is 0 Å². The number of nitro groups is 1. The number of carbonyl (C=O) groups excluding carboxylic acids is 1. The molecule has 98 valence electrons. The molecule has 0 aliphatic carbocycles. The highest BCUT2D eigenvalue weighted by molar-refractivity contribution is 6.05. The average molecular weight is 264 g/mol. The van der Waals surface area contributed by atoms with Gasteiger partial charge in [-0.25, -0.2) is 4.39 Å². The number of nitrogens with zero attached hydrogens (tertiary/aromatic N) is 2. The molecule has 19 heavy (non-hydrogen) atoms. The summed E-state index contributed by atoms with van der Waals surface area (Å²) in [6.07, 6.45) is 0.935. The molecule has 0 aliphatic rings. The summed E-state index contributed by atoms with van der Waals surface area (Å²) in [6.45, 7) is 1.58. The molecule has 0 bridgehead atoms. The molecule has 2 N–H and O–H groups in total. The van der Waals surface area contributed by atoms with Crippen LogP contribution in [0.15, 0.2) is 24.4 Å². The Hall–Kier alpha value is -2.77. The Morgan fingerprint density at radius 2 is 2.26 bits per heavy atom. The van der Waals surface area contributed by atoms with E-state index in [4.69, 9.17) is 0 Å². The summed E-state index contributed by atoms with van der Waals surface area (Å²) >= 11 is 0. The maximum atomic E-state index is 13.3. The van der Waals surface area contributed by atoms with E-state index in [1.807, 2.05) is 0 Å². The second-order valence-corrected chi connectivity index (χ2v) is 3.81. The molecule has 0 radical (unpaired) electrons. The number of amides is 1. The zero-order chi connectivity index (χ0) is 14.0. The molecule has 1 amide bonds. The topological polar surface area (TPSA) is 101 Å². The Morgan fingerprint density at radius 3 is 2.89 bits per heavy atom. The van der Waals surface area contributed by atoms with E-state index in [2.05, 4.69) is 15.5 Å². The van der Waals surface area contributed by atoms with E-state index < -0.39 is 22.3 Å². The van der Waals surface area contributed by atoms with Gasteiger partial charge in [-0.05, 0) is 24.6 Å². The van der Waals surface area contributed by atoms with Crippen LogP contribution < -0.4 is 5.32 Å². The van der Waals surface area contributed by atoms with Gasteiger partial charge in [-0.3, -0.25) is 20.0 Å². The van der Waals surface area contributed by atoms with Crippen molar-refractivity contribution in [2.24, 2.45) is 0 Å². The predicted molar refractivity (Wildman–Crippen MR) is 64.3 cm³/mol. The van der Waals surface area contributed by atoms with Crippen LogP contribution in [0.5, 0.6) is 0 Å². The monoisotopic (exact) mass is 264 g/mol. The van der Waals surface area contributed by atoms with Crippen molar-refractivity contribution >= 4 is 17.3 Å². The molecule has 0 aliphatic heterocycles. The first-order valence-corrected chi connectivity index (χ1v) is 5.24. The number of aromatic nitrogens is 2. The third-order valence-corrected chi connectivity index (χ3v) is 2.47. The van der Waals surface area contributed by atoms with Crippen LogP contribution in [0.25, 0.3) is 0 Å². The first-order valence-electron chi connectivity index (χ1n) is 5.24. The van der Waals surface area contributed by atoms with Crippen molar-refractivity contribution in [2.75, 3.05) is 5.32 Å². The number of aryl methyl sites for hydroxylation is 1. The number of halogens is 1. The van der Waals surface area contributed by atoms with Crippen LogP contribution in [0.1, 0.15) is 16.1 Å². The standard InChI is InChI=1S/C11H9FN4O3/c1-6-2-3-7(4-8(6)12)14-11(17)10-9(16(18)19)5-13-15-10/h2-5H,1H3,(H,13,15)(H,14,17). The van der Waals surface area contributed by atoms with Crippen LogP contribution in [0.3, 0.4) is 0 Å². The number of H-pyrrole nitrogens is 1. The fourth-order valence-corrected chi connectivity index (χ4v) is 1.45. The molecule has 2 rings (SSSR count). The van der Waals surface area contributed by atoms with Crippen LogP contribution in [0, 0.1) is 22.9 Å². The van der Waals surface area contributed by atoms with Crippen molar-refractivity contribution in [2.45, 2.75) is 6.92 Å². The van der Waals surface area contributed by atoms with Gasteiger partial charge in [-0.2, -0.15) is 5.10 Å². The van der Waals surface area contributed by atoms with Crippen molar-refractivity contribution in [3.8, 4) is 0 Å². The maximum Gasteiger partial charge on any atom is 0.319 e. The van der Waals surface area contributed by atoms with Crippen molar-refractivity contribution in [3.63, 3.8) is 0 Å². The zero-order valence-electron chi connectivity index (χ0n) is 9.81. The number of hydrogen-bond acceptors (Lipinski definition) is 4. The molecule has 1 aromatic carbocycles. The Bertz CT molecular complexity index is 653. The lowest BCUT2D eigenvalue weighted by atomic mass is 10.2. The number of aromatic amines is 1. The van der Waals surface area contributed by atoms with Crippen molar-refractivity contribution in [1.29, 1.82) is 0 Å². The normalized spacial score (nSPS) is 10.2.